The second kappa shape index (κ2) is 6.60. The molecule has 0 aliphatic heterocycles. The number of benzene rings is 2. The second-order valence-corrected chi connectivity index (χ2v) is 5.57. The molecule has 2 aromatic carbocycles. The van der Waals surface area contributed by atoms with E-state index in [1.165, 1.54) is 29.1 Å². The minimum absolute atomic E-state index is 0.0863. The summed E-state index contributed by atoms with van der Waals surface area (Å²) in [5, 5.41) is 3.16. The highest BCUT2D eigenvalue weighted by Crippen LogP contribution is 2.31. The van der Waals surface area contributed by atoms with Crippen molar-refractivity contribution in [1.82, 2.24) is 9.55 Å². The van der Waals surface area contributed by atoms with E-state index in [4.69, 9.17) is 11.6 Å². The third kappa shape index (κ3) is 3.83. The lowest BCUT2D eigenvalue weighted by Gasteiger charge is -2.11. The standard InChI is InChI=1S/C17H11ClF3N3O/c18-12-4-6-14(7-5-12)24-9-8-22-15(16(24)25)23-13-3-1-2-11(10-13)17(19,20)21/h1-10H,(H,22,23). The number of nitrogens with one attached hydrogen (secondary N) is 1. The average Bonchev–Trinajstić information content (AvgIpc) is 2.57. The van der Waals surface area contributed by atoms with E-state index in [2.05, 4.69) is 10.3 Å². The zero-order valence-corrected chi connectivity index (χ0v) is 13.3. The van der Waals surface area contributed by atoms with Crippen molar-refractivity contribution in [2.75, 3.05) is 5.32 Å². The Hall–Kier alpha value is -2.80. The molecule has 0 spiro atoms. The Balaban J connectivity index is 1.96. The molecule has 0 aliphatic rings. The Bertz CT molecular complexity index is 952. The van der Waals surface area contributed by atoms with E-state index < -0.39 is 17.3 Å². The lowest BCUT2D eigenvalue weighted by atomic mass is 10.2. The summed E-state index contributed by atoms with van der Waals surface area (Å²) in [4.78, 5) is 16.4. The lowest BCUT2D eigenvalue weighted by molar-refractivity contribution is -0.137. The highest BCUT2D eigenvalue weighted by atomic mass is 35.5. The topological polar surface area (TPSA) is 46.9 Å². The molecule has 0 unspecified atom stereocenters. The molecule has 0 fully saturated rings. The van der Waals surface area contributed by atoms with Crippen molar-refractivity contribution in [2.24, 2.45) is 0 Å². The number of alkyl halides is 3. The number of anilines is 2. The fourth-order valence-corrected chi connectivity index (χ4v) is 2.34. The van der Waals surface area contributed by atoms with Gasteiger partial charge in [-0.2, -0.15) is 13.2 Å². The predicted molar refractivity (Wildman–Crippen MR) is 89.6 cm³/mol. The van der Waals surface area contributed by atoms with E-state index in [0.717, 1.165) is 12.1 Å². The van der Waals surface area contributed by atoms with Crippen molar-refractivity contribution in [2.45, 2.75) is 6.18 Å². The minimum Gasteiger partial charge on any atom is -0.336 e. The average molecular weight is 366 g/mol. The van der Waals surface area contributed by atoms with Gasteiger partial charge in [-0.25, -0.2) is 4.98 Å². The normalized spacial score (nSPS) is 11.4. The first-order valence-corrected chi connectivity index (χ1v) is 7.50. The summed E-state index contributed by atoms with van der Waals surface area (Å²) in [5.74, 6) is -0.0863. The smallest absolute Gasteiger partial charge is 0.336 e. The first-order valence-electron chi connectivity index (χ1n) is 7.12. The molecular formula is C17H11ClF3N3O. The van der Waals surface area contributed by atoms with Crippen LogP contribution < -0.4 is 10.9 Å². The number of aromatic nitrogens is 2. The summed E-state index contributed by atoms with van der Waals surface area (Å²) in [6.07, 6.45) is -1.62. The van der Waals surface area contributed by atoms with Crippen LogP contribution in [-0.2, 0) is 6.18 Å². The van der Waals surface area contributed by atoms with Crippen LogP contribution in [-0.4, -0.2) is 9.55 Å². The molecule has 0 amide bonds. The summed E-state index contributed by atoms with van der Waals surface area (Å²) in [6, 6.07) is 11.1. The van der Waals surface area contributed by atoms with Gasteiger partial charge in [0.2, 0.25) is 0 Å². The van der Waals surface area contributed by atoms with Crippen molar-refractivity contribution in [3.05, 3.63) is 81.9 Å². The first-order chi connectivity index (χ1) is 11.8. The van der Waals surface area contributed by atoms with E-state index in [0.29, 0.717) is 10.7 Å². The van der Waals surface area contributed by atoms with Gasteiger partial charge in [0.15, 0.2) is 5.82 Å². The van der Waals surface area contributed by atoms with Crippen molar-refractivity contribution >= 4 is 23.1 Å². The summed E-state index contributed by atoms with van der Waals surface area (Å²) in [6.45, 7) is 0. The van der Waals surface area contributed by atoms with Crippen LogP contribution in [0.15, 0.2) is 65.7 Å². The van der Waals surface area contributed by atoms with Gasteiger partial charge in [-0.1, -0.05) is 17.7 Å². The van der Waals surface area contributed by atoms with Crippen LogP contribution in [0.3, 0.4) is 0 Å². The van der Waals surface area contributed by atoms with Gasteiger partial charge in [0.05, 0.1) is 5.56 Å². The van der Waals surface area contributed by atoms with Crippen molar-refractivity contribution in [1.29, 1.82) is 0 Å². The number of rotatable bonds is 3. The molecule has 3 aromatic rings. The van der Waals surface area contributed by atoms with Crippen LogP contribution in [0.25, 0.3) is 5.69 Å². The van der Waals surface area contributed by atoms with Crippen LogP contribution >= 0.6 is 11.6 Å². The molecule has 25 heavy (non-hydrogen) atoms. The minimum atomic E-state index is -4.47. The Morgan fingerprint density at radius 2 is 1.80 bits per heavy atom. The van der Waals surface area contributed by atoms with Gasteiger partial charge in [-0.3, -0.25) is 9.36 Å². The SMILES string of the molecule is O=c1c(Nc2cccc(C(F)(F)F)c2)nccn1-c1ccc(Cl)cc1. The second-order valence-electron chi connectivity index (χ2n) is 5.13. The zero-order chi connectivity index (χ0) is 18.0. The number of halogens is 4. The fraction of sp³-hybridized carbons (Fsp3) is 0.0588. The summed E-state index contributed by atoms with van der Waals surface area (Å²) in [5.41, 5.74) is -0.633. The summed E-state index contributed by atoms with van der Waals surface area (Å²) in [7, 11) is 0. The third-order valence-corrected chi connectivity index (χ3v) is 3.65. The van der Waals surface area contributed by atoms with Crippen molar-refractivity contribution < 1.29 is 13.2 Å². The Kier molecular flexibility index (Phi) is 4.50. The lowest BCUT2D eigenvalue weighted by Crippen LogP contribution is -2.21. The molecule has 128 valence electrons. The molecule has 0 aliphatic carbocycles. The van der Waals surface area contributed by atoms with Crippen LogP contribution in [0.2, 0.25) is 5.02 Å². The maximum absolute atomic E-state index is 12.8. The molecule has 0 saturated carbocycles. The Morgan fingerprint density at radius 3 is 2.48 bits per heavy atom. The summed E-state index contributed by atoms with van der Waals surface area (Å²) >= 11 is 5.83. The summed E-state index contributed by atoms with van der Waals surface area (Å²) < 4.78 is 39.7. The highest BCUT2D eigenvalue weighted by molar-refractivity contribution is 6.30. The molecule has 1 aromatic heterocycles. The molecule has 1 heterocycles. The Labute approximate surface area is 145 Å². The molecule has 0 saturated heterocycles. The molecule has 0 radical (unpaired) electrons. The van der Waals surface area contributed by atoms with E-state index in [-0.39, 0.29) is 11.5 Å². The highest BCUT2D eigenvalue weighted by Gasteiger charge is 2.30. The van der Waals surface area contributed by atoms with Crippen LogP contribution in [0.1, 0.15) is 5.56 Å². The van der Waals surface area contributed by atoms with Gasteiger partial charge < -0.3 is 5.32 Å². The maximum Gasteiger partial charge on any atom is 0.416 e. The van der Waals surface area contributed by atoms with Gasteiger partial charge in [0.25, 0.3) is 5.56 Å². The largest absolute Gasteiger partial charge is 0.416 e. The van der Waals surface area contributed by atoms with Gasteiger partial charge in [-0.05, 0) is 42.5 Å². The maximum atomic E-state index is 12.8. The van der Waals surface area contributed by atoms with E-state index >= 15 is 0 Å². The van der Waals surface area contributed by atoms with Crippen LogP contribution in [0.4, 0.5) is 24.7 Å². The van der Waals surface area contributed by atoms with Crippen LogP contribution in [0, 0.1) is 0 Å². The van der Waals surface area contributed by atoms with Crippen molar-refractivity contribution in [3.63, 3.8) is 0 Å². The Morgan fingerprint density at radius 1 is 1.08 bits per heavy atom. The predicted octanol–water partition coefficient (Wildman–Crippen LogP) is 4.65. The molecule has 0 atom stereocenters. The van der Waals surface area contributed by atoms with E-state index in [1.807, 2.05) is 0 Å². The number of nitrogens with zero attached hydrogens (tertiary/aromatic N) is 2. The molecule has 0 bridgehead atoms. The van der Waals surface area contributed by atoms with Crippen molar-refractivity contribution in [3.8, 4) is 5.69 Å². The first kappa shape index (κ1) is 17.0. The third-order valence-electron chi connectivity index (χ3n) is 3.40. The molecule has 4 nitrogen and oxygen atoms in total. The van der Waals surface area contributed by atoms with Gasteiger partial charge in [0.1, 0.15) is 0 Å². The number of hydrogen-bond acceptors (Lipinski definition) is 3. The number of hydrogen-bond donors (Lipinski definition) is 1. The van der Waals surface area contributed by atoms with E-state index in [1.54, 1.807) is 24.3 Å². The molecule has 1 N–H and O–H groups in total. The van der Waals surface area contributed by atoms with Gasteiger partial charge >= 0.3 is 6.18 Å². The molecule has 3 rings (SSSR count). The monoisotopic (exact) mass is 365 g/mol. The molecule has 8 heteroatoms. The molecular weight excluding hydrogens is 355 g/mol. The fourth-order valence-electron chi connectivity index (χ4n) is 2.21. The van der Waals surface area contributed by atoms with E-state index in [9.17, 15) is 18.0 Å². The quantitative estimate of drug-likeness (QED) is 0.735. The van der Waals surface area contributed by atoms with Gasteiger partial charge in [0, 0.05) is 28.8 Å². The van der Waals surface area contributed by atoms with Crippen LogP contribution in [0.5, 0.6) is 0 Å². The zero-order valence-electron chi connectivity index (χ0n) is 12.6. The van der Waals surface area contributed by atoms with Gasteiger partial charge in [-0.15, -0.1) is 0 Å².